The maximum atomic E-state index is 12.0. The zero-order chi connectivity index (χ0) is 14.0. The summed E-state index contributed by atoms with van der Waals surface area (Å²) in [7, 11) is 0. The fourth-order valence-electron chi connectivity index (χ4n) is 3.29. The number of hydrogen-bond acceptors (Lipinski definition) is 3. The number of hydrogen-bond donors (Lipinski definition) is 2. The molecule has 0 radical (unpaired) electrons. The SMILES string of the molecule is CCC1C2CNCC2CN1CC(=O)NCC(F)(F)F. The summed E-state index contributed by atoms with van der Waals surface area (Å²) in [5, 5.41) is 5.27. The van der Waals surface area contributed by atoms with Crippen molar-refractivity contribution in [2.24, 2.45) is 11.8 Å². The van der Waals surface area contributed by atoms with Crippen LogP contribution in [0.5, 0.6) is 0 Å². The Labute approximate surface area is 110 Å². The van der Waals surface area contributed by atoms with E-state index in [-0.39, 0.29) is 6.54 Å². The summed E-state index contributed by atoms with van der Waals surface area (Å²) < 4.78 is 36.1. The molecular formula is C12H20F3N3O. The normalized spacial score (nSPS) is 31.5. The van der Waals surface area contributed by atoms with E-state index in [1.54, 1.807) is 0 Å². The molecule has 7 heteroatoms. The predicted octanol–water partition coefficient (Wildman–Crippen LogP) is 0.595. The summed E-state index contributed by atoms with van der Waals surface area (Å²) in [6.07, 6.45) is -3.42. The maximum absolute atomic E-state index is 12.0. The van der Waals surface area contributed by atoms with E-state index >= 15 is 0 Å². The molecule has 2 heterocycles. The van der Waals surface area contributed by atoms with E-state index in [2.05, 4.69) is 12.2 Å². The van der Waals surface area contributed by atoms with Crippen molar-refractivity contribution in [3.8, 4) is 0 Å². The summed E-state index contributed by atoms with van der Waals surface area (Å²) in [6.45, 7) is 3.58. The smallest absolute Gasteiger partial charge is 0.346 e. The summed E-state index contributed by atoms with van der Waals surface area (Å²) in [5.74, 6) is 0.518. The third kappa shape index (κ3) is 3.60. The number of alkyl halides is 3. The largest absolute Gasteiger partial charge is 0.405 e. The predicted molar refractivity (Wildman–Crippen MR) is 64.6 cm³/mol. The zero-order valence-electron chi connectivity index (χ0n) is 11.0. The second-order valence-corrected chi connectivity index (χ2v) is 5.38. The van der Waals surface area contributed by atoms with Gasteiger partial charge in [-0.3, -0.25) is 9.69 Å². The number of rotatable bonds is 4. The average Bonchev–Trinajstić information content (AvgIpc) is 2.85. The van der Waals surface area contributed by atoms with Gasteiger partial charge in [-0.2, -0.15) is 13.2 Å². The van der Waals surface area contributed by atoms with Crippen LogP contribution in [0.15, 0.2) is 0 Å². The first-order valence-corrected chi connectivity index (χ1v) is 6.69. The van der Waals surface area contributed by atoms with E-state index in [0.717, 1.165) is 26.1 Å². The van der Waals surface area contributed by atoms with Gasteiger partial charge in [0.25, 0.3) is 0 Å². The first kappa shape index (κ1) is 14.6. The van der Waals surface area contributed by atoms with Gasteiger partial charge in [0.05, 0.1) is 6.54 Å². The van der Waals surface area contributed by atoms with Crippen LogP contribution in [0.25, 0.3) is 0 Å². The molecule has 2 aliphatic rings. The minimum absolute atomic E-state index is 0.0710. The standard InChI is InChI=1S/C12H20F3N3O/c1-2-10-9-4-16-3-8(9)5-18(10)6-11(19)17-7-12(13,14)15/h8-10,16H,2-7H2,1H3,(H,17,19). The molecule has 0 saturated carbocycles. The highest BCUT2D eigenvalue weighted by Crippen LogP contribution is 2.33. The van der Waals surface area contributed by atoms with Crippen LogP contribution in [-0.2, 0) is 4.79 Å². The van der Waals surface area contributed by atoms with Gasteiger partial charge in [-0.25, -0.2) is 0 Å². The molecule has 0 spiro atoms. The van der Waals surface area contributed by atoms with Gasteiger partial charge in [0.1, 0.15) is 6.54 Å². The monoisotopic (exact) mass is 279 g/mol. The molecule has 3 unspecified atom stereocenters. The molecule has 2 rings (SSSR count). The number of fused-ring (bicyclic) bond motifs is 1. The first-order chi connectivity index (χ1) is 8.90. The Hall–Kier alpha value is -0.820. The Morgan fingerprint density at radius 1 is 1.42 bits per heavy atom. The Morgan fingerprint density at radius 3 is 2.79 bits per heavy atom. The molecule has 19 heavy (non-hydrogen) atoms. The van der Waals surface area contributed by atoms with Crippen molar-refractivity contribution < 1.29 is 18.0 Å². The molecule has 2 aliphatic heterocycles. The maximum Gasteiger partial charge on any atom is 0.405 e. The summed E-state index contributed by atoms with van der Waals surface area (Å²) in [5.41, 5.74) is 0. The van der Waals surface area contributed by atoms with Crippen LogP contribution in [0, 0.1) is 11.8 Å². The van der Waals surface area contributed by atoms with Crippen LogP contribution in [-0.4, -0.2) is 55.7 Å². The molecule has 0 aromatic carbocycles. The second kappa shape index (κ2) is 5.66. The zero-order valence-corrected chi connectivity index (χ0v) is 11.0. The number of carbonyl (C=O) groups is 1. The lowest BCUT2D eigenvalue weighted by molar-refractivity contribution is -0.139. The lowest BCUT2D eigenvalue weighted by atomic mass is 9.93. The fraction of sp³-hybridized carbons (Fsp3) is 0.917. The van der Waals surface area contributed by atoms with E-state index in [4.69, 9.17) is 0 Å². The molecule has 2 fully saturated rings. The Kier molecular flexibility index (Phi) is 4.35. The highest BCUT2D eigenvalue weighted by Gasteiger charge is 2.43. The number of halogens is 3. The van der Waals surface area contributed by atoms with Crippen molar-refractivity contribution in [3.05, 3.63) is 0 Å². The van der Waals surface area contributed by atoms with Gasteiger partial charge in [0.15, 0.2) is 0 Å². The van der Waals surface area contributed by atoms with Crippen LogP contribution in [0.1, 0.15) is 13.3 Å². The summed E-state index contributed by atoms with van der Waals surface area (Å²) >= 11 is 0. The number of nitrogens with one attached hydrogen (secondary N) is 2. The van der Waals surface area contributed by atoms with Crippen LogP contribution >= 0.6 is 0 Å². The molecule has 2 saturated heterocycles. The Balaban J connectivity index is 1.83. The molecule has 3 atom stereocenters. The minimum atomic E-state index is -4.34. The minimum Gasteiger partial charge on any atom is -0.346 e. The molecule has 0 aromatic rings. The topological polar surface area (TPSA) is 44.4 Å². The molecule has 0 aliphatic carbocycles. The molecule has 1 amide bonds. The number of amides is 1. The molecule has 0 aromatic heterocycles. The fourth-order valence-corrected chi connectivity index (χ4v) is 3.29. The second-order valence-electron chi connectivity index (χ2n) is 5.38. The van der Waals surface area contributed by atoms with Gasteiger partial charge in [-0.05, 0) is 31.3 Å². The third-order valence-electron chi connectivity index (χ3n) is 4.08. The van der Waals surface area contributed by atoms with Crippen molar-refractivity contribution in [2.75, 3.05) is 32.7 Å². The lowest BCUT2D eigenvalue weighted by Gasteiger charge is -2.26. The van der Waals surface area contributed by atoms with Gasteiger partial charge in [0, 0.05) is 12.6 Å². The lowest BCUT2D eigenvalue weighted by Crippen LogP contribution is -2.44. The molecule has 4 nitrogen and oxygen atoms in total. The van der Waals surface area contributed by atoms with Crippen molar-refractivity contribution in [1.82, 2.24) is 15.5 Å². The summed E-state index contributed by atoms with van der Waals surface area (Å²) in [4.78, 5) is 13.6. The van der Waals surface area contributed by atoms with Crippen molar-refractivity contribution in [3.63, 3.8) is 0 Å². The van der Waals surface area contributed by atoms with Crippen molar-refractivity contribution >= 4 is 5.91 Å². The third-order valence-corrected chi connectivity index (χ3v) is 4.08. The van der Waals surface area contributed by atoms with E-state index in [1.165, 1.54) is 0 Å². The summed E-state index contributed by atoms with van der Waals surface area (Å²) in [6, 6.07) is 0.302. The van der Waals surface area contributed by atoms with Crippen molar-refractivity contribution in [2.45, 2.75) is 25.6 Å². The molecule has 2 N–H and O–H groups in total. The van der Waals surface area contributed by atoms with Gasteiger partial charge >= 0.3 is 6.18 Å². The van der Waals surface area contributed by atoms with Crippen molar-refractivity contribution in [1.29, 1.82) is 0 Å². The van der Waals surface area contributed by atoms with E-state index in [1.807, 2.05) is 10.2 Å². The quantitative estimate of drug-likeness (QED) is 0.792. The Bertz CT molecular complexity index is 335. The van der Waals surface area contributed by atoms with Gasteiger partial charge in [-0.1, -0.05) is 6.92 Å². The van der Waals surface area contributed by atoms with Crippen LogP contribution in [0.4, 0.5) is 13.2 Å². The highest BCUT2D eigenvalue weighted by molar-refractivity contribution is 5.78. The first-order valence-electron chi connectivity index (χ1n) is 6.69. The van der Waals surface area contributed by atoms with Crippen LogP contribution < -0.4 is 10.6 Å². The molecule has 0 bridgehead atoms. The van der Waals surface area contributed by atoms with Gasteiger partial charge < -0.3 is 10.6 Å². The van der Waals surface area contributed by atoms with E-state index < -0.39 is 18.6 Å². The molecular weight excluding hydrogens is 259 g/mol. The van der Waals surface area contributed by atoms with Crippen LogP contribution in [0.2, 0.25) is 0 Å². The van der Waals surface area contributed by atoms with Crippen LogP contribution in [0.3, 0.4) is 0 Å². The Morgan fingerprint density at radius 2 is 2.16 bits per heavy atom. The average molecular weight is 279 g/mol. The van der Waals surface area contributed by atoms with Gasteiger partial charge in [-0.15, -0.1) is 0 Å². The number of carbonyl (C=O) groups excluding carboxylic acids is 1. The van der Waals surface area contributed by atoms with E-state index in [0.29, 0.717) is 17.9 Å². The number of nitrogens with zero attached hydrogens (tertiary/aromatic N) is 1. The highest BCUT2D eigenvalue weighted by atomic mass is 19.4. The number of likely N-dealkylation sites (tertiary alicyclic amines) is 1. The van der Waals surface area contributed by atoms with E-state index in [9.17, 15) is 18.0 Å². The van der Waals surface area contributed by atoms with Gasteiger partial charge in [0.2, 0.25) is 5.91 Å². The molecule has 110 valence electrons.